The van der Waals surface area contributed by atoms with E-state index in [9.17, 15) is 4.79 Å². The van der Waals surface area contributed by atoms with E-state index in [4.69, 9.17) is 0 Å². The molecule has 0 bridgehead atoms. The van der Waals surface area contributed by atoms with Crippen LogP contribution in [-0.2, 0) is 6.42 Å². The second-order valence-electron chi connectivity index (χ2n) is 4.59. The molecule has 0 amide bonds. The molecular weight excluding hydrogens is 234 g/mol. The number of nitrogens with one attached hydrogen (secondary N) is 1. The Labute approximate surface area is 112 Å². The average Bonchev–Trinajstić information content (AvgIpc) is 2.90. The number of hydrogen-bond donors (Lipinski definition) is 1. The molecule has 0 saturated heterocycles. The van der Waals surface area contributed by atoms with Crippen LogP contribution in [-0.4, -0.2) is 10.8 Å². The molecule has 1 N–H and O–H groups in total. The quantitative estimate of drug-likeness (QED) is 0.700. The Hall–Kier alpha value is -2.35. The SMILES string of the molecule is CCc1ccccc1C(=O)c1c[nH]c2ccccc12. The first-order chi connectivity index (χ1) is 9.31. The minimum Gasteiger partial charge on any atom is -0.360 e. The Morgan fingerprint density at radius 1 is 1.00 bits per heavy atom. The van der Waals surface area contributed by atoms with Gasteiger partial charge >= 0.3 is 0 Å². The number of rotatable bonds is 3. The molecule has 94 valence electrons. The van der Waals surface area contributed by atoms with Gasteiger partial charge in [-0.1, -0.05) is 49.4 Å². The van der Waals surface area contributed by atoms with Gasteiger partial charge in [-0.2, -0.15) is 0 Å². The van der Waals surface area contributed by atoms with Crippen LogP contribution in [0.1, 0.15) is 28.4 Å². The molecule has 2 nitrogen and oxygen atoms in total. The highest BCUT2D eigenvalue weighted by atomic mass is 16.1. The van der Waals surface area contributed by atoms with Crippen LogP contribution in [0.5, 0.6) is 0 Å². The van der Waals surface area contributed by atoms with Crippen LogP contribution >= 0.6 is 0 Å². The van der Waals surface area contributed by atoms with E-state index in [1.54, 1.807) is 6.20 Å². The lowest BCUT2D eigenvalue weighted by molar-refractivity contribution is 0.103. The highest BCUT2D eigenvalue weighted by molar-refractivity contribution is 6.16. The topological polar surface area (TPSA) is 32.9 Å². The number of aromatic nitrogens is 1. The molecule has 2 heteroatoms. The molecule has 1 aromatic heterocycles. The number of H-pyrrole nitrogens is 1. The third kappa shape index (κ3) is 1.95. The second kappa shape index (κ2) is 4.73. The van der Waals surface area contributed by atoms with Crippen molar-refractivity contribution in [1.29, 1.82) is 0 Å². The zero-order chi connectivity index (χ0) is 13.2. The lowest BCUT2D eigenvalue weighted by atomic mass is 9.97. The minimum absolute atomic E-state index is 0.0925. The van der Waals surface area contributed by atoms with Gasteiger partial charge in [0.05, 0.1) is 0 Å². The van der Waals surface area contributed by atoms with Crippen LogP contribution in [0.25, 0.3) is 10.9 Å². The predicted molar refractivity (Wildman–Crippen MR) is 77.6 cm³/mol. The Kier molecular flexibility index (Phi) is 2.92. The van der Waals surface area contributed by atoms with Crippen molar-refractivity contribution >= 4 is 16.7 Å². The summed E-state index contributed by atoms with van der Waals surface area (Å²) in [6, 6.07) is 15.7. The van der Waals surface area contributed by atoms with Gasteiger partial charge in [0.1, 0.15) is 0 Å². The van der Waals surface area contributed by atoms with Crippen molar-refractivity contribution in [3.63, 3.8) is 0 Å². The molecule has 0 spiro atoms. The second-order valence-corrected chi connectivity index (χ2v) is 4.59. The summed E-state index contributed by atoms with van der Waals surface area (Å²) in [6.07, 6.45) is 2.67. The van der Waals surface area contributed by atoms with E-state index in [-0.39, 0.29) is 5.78 Å². The first-order valence-electron chi connectivity index (χ1n) is 6.50. The van der Waals surface area contributed by atoms with Gasteiger partial charge in [0.2, 0.25) is 0 Å². The standard InChI is InChI=1S/C17H15NO/c1-2-12-7-3-4-8-13(12)17(19)15-11-18-16-10-6-5-9-14(15)16/h3-11,18H,2H2,1H3. The van der Waals surface area contributed by atoms with E-state index in [2.05, 4.69) is 11.9 Å². The third-order valence-electron chi connectivity index (χ3n) is 3.48. The molecule has 0 aliphatic carbocycles. The first kappa shape index (κ1) is 11.7. The molecule has 19 heavy (non-hydrogen) atoms. The van der Waals surface area contributed by atoms with Gasteiger partial charge in [-0.05, 0) is 18.1 Å². The fourth-order valence-corrected chi connectivity index (χ4v) is 2.45. The van der Waals surface area contributed by atoms with Gasteiger partial charge in [-0.3, -0.25) is 4.79 Å². The zero-order valence-electron chi connectivity index (χ0n) is 10.8. The fourth-order valence-electron chi connectivity index (χ4n) is 2.45. The molecule has 0 atom stereocenters. The fraction of sp³-hybridized carbons (Fsp3) is 0.118. The summed E-state index contributed by atoms with van der Waals surface area (Å²) in [7, 11) is 0. The van der Waals surface area contributed by atoms with Crippen molar-refractivity contribution in [3.05, 3.63) is 71.4 Å². The lowest BCUT2D eigenvalue weighted by Gasteiger charge is -2.05. The van der Waals surface area contributed by atoms with E-state index >= 15 is 0 Å². The smallest absolute Gasteiger partial charge is 0.195 e. The summed E-state index contributed by atoms with van der Waals surface area (Å²) in [5, 5.41) is 0.985. The van der Waals surface area contributed by atoms with Gasteiger partial charge in [-0.15, -0.1) is 0 Å². The lowest BCUT2D eigenvalue weighted by Crippen LogP contribution is -2.04. The molecule has 3 aromatic rings. The summed E-state index contributed by atoms with van der Waals surface area (Å²) in [4.78, 5) is 15.8. The van der Waals surface area contributed by atoms with E-state index in [1.165, 1.54) is 0 Å². The molecule has 0 unspecified atom stereocenters. The van der Waals surface area contributed by atoms with Crippen LogP contribution in [0, 0.1) is 0 Å². The zero-order valence-corrected chi connectivity index (χ0v) is 10.8. The van der Waals surface area contributed by atoms with Gasteiger partial charge in [0.15, 0.2) is 5.78 Å². The number of carbonyl (C=O) groups excluding carboxylic acids is 1. The maximum atomic E-state index is 12.7. The summed E-state index contributed by atoms with van der Waals surface area (Å²) in [6.45, 7) is 2.07. The number of benzene rings is 2. The number of ketones is 1. The maximum absolute atomic E-state index is 12.7. The van der Waals surface area contributed by atoms with E-state index in [0.29, 0.717) is 0 Å². The van der Waals surface area contributed by atoms with Gasteiger partial charge in [0.25, 0.3) is 0 Å². The third-order valence-corrected chi connectivity index (χ3v) is 3.48. The molecule has 0 aliphatic rings. The van der Waals surface area contributed by atoms with Crippen molar-refractivity contribution < 1.29 is 4.79 Å². The molecule has 3 rings (SSSR count). The highest BCUT2D eigenvalue weighted by Gasteiger charge is 2.15. The monoisotopic (exact) mass is 249 g/mol. The number of fused-ring (bicyclic) bond motifs is 1. The molecule has 1 heterocycles. The number of para-hydroxylation sites is 1. The number of carbonyl (C=O) groups is 1. The molecule has 0 saturated carbocycles. The molecule has 0 fully saturated rings. The van der Waals surface area contributed by atoms with Gasteiger partial charge < -0.3 is 4.98 Å². The van der Waals surface area contributed by atoms with Crippen molar-refractivity contribution in [2.24, 2.45) is 0 Å². The Morgan fingerprint density at radius 3 is 2.58 bits per heavy atom. The van der Waals surface area contributed by atoms with E-state index < -0.39 is 0 Å². The van der Waals surface area contributed by atoms with Crippen molar-refractivity contribution in [2.45, 2.75) is 13.3 Å². The maximum Gasteiger partial charge on any atom is 0.195 e. The van der Waals surface area contributed by atoms with Crippen molar-refractivity contribution in [2.75, 3.05) is 0 Å². The average molecular weight is 249 g/mol. The predicted octanol–water partition coefficient (Wildman–Crippen LogP) is 3.96. The summed E-state index contributed by atoms with van der Waals surface area (Å²) in [5.74, 6) is 0.0925. The normalized spacial score (nSPS) is 10.8. The minimum atomic E-state index is 0.0925. The van der Waals surface area contributed by atoms with Crippen LogP contribution < -0.4 is 0 Å². The Bertz CT molecular complexity index is 740. The van der Waals surface area contributed by atoms with E-state index in [0.717, 1.165) is 34.0 Å². The van der Waals surface area contributed by atoms with Crippen LogP contribution in [0.4, 0.5) is 0 Å². The van der Waals surface area contributed by atoms with Crippen LogP contribution in [0.3, 0.4) is 0 Å². The largest absolute Gasteiger partial charge is 0.360 e. The molecule has 2 aromatic carbocycles. The summed E-state index contributed by atoms with van der Waals surface area (Å²) >= 11 is 0. The van der Waals surface area contributed by atoms with Crippen molar-refractivity contribution in [3.8, 4) is 0 Å². The molecular formula is C17H15NO. The number of hydrogen-bond acceptors (Lipinski definition) is 1. The van der Waals surface area contributed by atoms with Gasteiger partial charge in [0, 0.05) is 28.2 Å². The van der Waals surface area contributed by atoms with Crippen LogP contribution in [0.15, 0.2) is 54.7 Å². The molecule has 0 aliphatic heterocycles. The van der Waals surface area contributed by atoms with Gasteiger partial charge in [-0.25, -0.2) is 0 Å². The Morgan fingerprint density at radius 2 is 1.74 bits per heavy atom. The Balaban J connectivity index is 2.14. The van der Waals surface area contributed by atoms with Crippen molar-refractivity contribution in [1.82, 2.24) is 4.98 Å². The molecule has 0 radical (unpaired) electrons. The van der Waals surface area contributed by atoms with E-state index in [1.807, 2.05) is 48.5 Å². The number of aryl methyl sites for hydroxylation is 1. The first-order valence-corrected chi connectivity index (χ1v) is 6.50. The summed E-state index contributed by atoms with van der Waals surface area (Å²) < 4.78 is 0. The number of aromatic amines is 1. The summed E-state index contributed by atoms with van der Waals surface area (Å²) in [5.41, 5.74) is 3.64. The highest BCUT2D eigenvalue weighted by Crippen LogP contribution is 2.22. The van der Waals surface area contributed by atoms with Crippen LogP contribution in [0.2, 0.25) is 0 Å².